The maximum atomic E-state index is 13.2. The SMILES string of the molecule is CC\C=C/C=C/C=C/C=C\C=C\C=C\CCCCCC(=O)OC(CCCCCC/C=C/C/C=C/C/C=C/CC)CC(=O)NC(CO)C(O)CCCCCCCCCCCCCCCCC. The van der Waals surface area contributed by atoms with Crippen LogP contribution in [0.25, 0.3) is 0 Å². The van der Waals surface area contributed by atoms with Gasteiger partial charge in [0.15, 0.2) is 0 Å². The lowest BCUT2D eigenvalue weighted by Gasteiger charge is -2.24. The molecule has 0 bridgehead atoms. The van der Waals surface area contributed by atoms with Crippen molar-refractivity contribution in [2.24, 2.45) is 0 Å². The van der Waals surface area contributed by atoms with Crippen molar-refractivity contribution in [3.63, 3.8) is 0 Å². The summed E-state index contributed by atoms with van der Waals surface area (Å²) in [4.78, 5) is 26.2. The molecule has 6 nitrogen and oxygen atoms in total. The fourth-order valence-corrected chi connectivity index (χ4v) is 7.53. The molecule has 0 aliphatic carbocycles. The minimum atomic E-state index is -0.809. The first-order valence-corrected chi connectivity index (χ1v) is 26.7. The molecule has 6 heteroatoms. The average molecular weight is 902 g/mol. The number of amides is 1. The number of unbranched alkanes of at least 4 members (excludes halogenated alkanes) is 21. The molecule has 0 radical (unpaired) electrons. The average Bonchev–Trinajstić information content (AvgIpc) is 3.30. The van der Waals surface area contributed by atoms with Crippen LogP contribution < -0.4 is 5.32 Å². The number of hydrogen-bond donors (Lipinski definition) is 3. The van der Waals surface area contributed by atoms with E-state index in [4.69, 9.17) is 4.74 Å². The summed E-state index contributed by atoms with van der Waals surface area (Å²) in [5, 5.41) is 23.8. The molecule has 0 saturated heterocycles. The predicted molar refractivity (Wildman–Crippen MR) is 282 cm³/mol. The van der Waals surface area contributed by atoms with Gasteiger partial charge >= 0.3 is 5.97 Å². The Kier molecular flexibility index (Phi) is 48.7. The molecule has 0 aromatic heterocycles. The lowest BCUT2D eigenvalue weighted by Crippen LogP contribution is -2.46. The highest BCUT2D eigenvalue weighted by atomic mass is 16.5. The predicted octanol–water partition coefficient (Wildman–Crippen LogP) is 16.3. The van der Waals surface area contributed by atoms with E-state index in [1.807, 2.05) is 54.7 Å². The van der Waals surface area contributed by atoms with Crippen LogP contribution in [0.4, 0.5) is 0 Å². The van der Waals surface area contributed by atoms with Gasteiger partial charge in [-0.15, -0.1) is 0 Å². The second-order valence-electron chi connectivity index (χ2n) is 17.7. The fourth-order valence-electron chi connectivity index (χ4n) is 7.53. The van der Waals surface area contributed by atoms with Crippen molar-refractivity contribution < 1.29 is 24.5 Å². The van der Waals surface area contributed by atoms with Crippen LogP contribution in [0.2, 0.25) is 0 Å². The van der Waals surface area contributed by atoms with Crippen LogP contribution >= 0.6 is 0 Å². The highest BCUT2D eigenvalue weighted by molar-refractivity contribution is 5.77. The molecule has 0 aromatic rings. The Bertz CT molecular complexity index is 1330. The smallest absolute Gasteiger partial charge is 0.306 e. The van der Waals surface area contributed by atoms with E-state index in [9.17, 15) is 19.8 Å². The quantitative estimate of drug-likeness (QED) is 0.0245. The van der Waals surface area contributed by atoms with E-state index < -0.39 is 18.2 Å². The second-order valence-corrected chi connectivity index (χ2v) is 17.7. The molecule has 0 aliphatic rings. The summed E-state index contributed by atoms with van der Waals surface area (Å²) >= 11 is 0. The van der Waals surface area contributed by atoms with Gasteiger partial charge in [-0.05, 0) is 77.0 Å². The maximum absolute atomic E-state index is 13.2. The lowest BCUT2D eigenvalue weighted by molar-refractivity contribution is -0.151. The molecule has 0 saturated carbocycles. The topological polar surface area (TPSA) is 95.9 Å². The monoisotopic (exact) mass is 902 g/mol. The third-order valence-electron chi connectivity index (χ3n) is 11.5. The first-order chi connectivity index (χ1) is 32.0. The zero-order chi connectivity index (χ0) is 47.4. The summed E-state index contributed by atoms with van der Waals surface area (Å²) < 4.78 is 5.91. The number of aliphatic hydroxyl groups is 2. The summed E-state index contributed by atoms with van der Waals surface area (Å²) in [6.07, 6.45) is 70.0. The molecular formula is C59H99NO5. The highest BCUT2D eigenvalue weighted by Crippen LogP contribution is 2.17. The number of esters is 1. The van der Waals surface area contributed by atoms with Gasteiger partial charge in [-0.25, -0.2) is 0 Å². The first-order valence-electron chi connectivity index (χ1n) is 26.7. The van der Waals surface area contributed by atoms with Crippen LogP contribution in [-0.2, 0) is 14.3 Å². The first kappa shape index (κ1) is 61.5. The van der Waals surface area contributed by atoms with Crippen LogP contribution in [-0.4, -0.2) is 46.9 Å². The van der Waals surface area contributed by atoms with Crippen LogP contribution in [0.1, 0.15) is 226 Å². The lowest BCUT2D eigenvalue weighted by atomic mass is 10.0. The summed E-state index contributed by atoms with van der Waals surface area (Å²) in [7, 11) is 0. The molecule has 0 rings (SSSR count). The molecule has 1 amide bonds. The van der Waals surface area contributed by atoms with Crippen LogP contribution in [0.15, 0.2) is 109 Å². The van der Waals surface area contributed by atoms with Crippen molar-refractivity contribution in [1.29, 1.82) is 0 Å². The van der Waals surface area contributed by atoms with Crippen molar-refractivity contribution >= 4 is 11.9 Å². The summed E-state index contributed by atoms with van der Waals surface area (Å²) in [5.74, 6) is -0.555. The van der Waals surface area contributed by atoms with E-state index in [1.54, 1.807) is 0 Å². The third-order valence-corrected chi connectivity index (χ3v) is 11.5. The molecule has 0 fully saturated rings. The molecule has 0 heterocycles. The van der Waals surface area contributed by atoms with E-state index in [2.05, 4.69) is 80.8 Å². The van der Waals surface area contributed by atoms with E-state index in [1.165, 1.54) is 77.0 Å². The number of rotatable bonds is 46. The van der Waals surface area contributed by atoms with Gasteiger partial charge in [-0.1, -0.05) is 246 Å². The number of aliphatic hydroxyl groups excluding tert-OH is 2. The van der Waals surface area contributed by atoms with Crippen molar-refractivity contribution in [2.45, 2.75) is 244 Å². The molecule has 3 atom stereocenters. The highest BCUT2D eigenvalue weighted by Gasteiger charge is 2.24. The Labute approximate surface area is 400 Å². The summed E-state index contributed by atoms with van der Waals surface area (Å²) in [6, 6.07) is -0.726. The molecule has 65 heavy (non-hydrogen) atoms. The summed E-state index contributed by atoms with van der Waals surface area (Å²) in [6.45, 7) is 6.21. The standard InChI is InChI=1S/C59H99NO5/c1-4-7-10-13-16-19-22-25-28-29-31-34-37-40-43-46-49-52-59(64)65-55(50-47-44-41-38-35-32-27-24-21-18-15-12-9-6-3)53-58(63)60-56(54-61)57(62)51-48-45-42-39-36-33-30-26-23-20-17-14-11-8-5-2/h7,9-10,12-13,16,18-19,21-22,25,27-29,31-32,34,37,55-57,61-62H,4-6,8,11,14-15,17,20,23-24,26,30,33,35-36,38-54H2,1-3H3,(H,60,63)/b10-7-,12-9+,16-13+,21-18+,22-19+,28-25-,31-29+,32-27+,37-34+. The van der Waals surface area contributed by atoms with Gasteiger partial charge in [-0.2, -0.15) is 0 Å². The normalized spacial score (nSPS) is 14.1. The molecule has 3 unspecified atom stereocenters. The molecule has 3 N–H and O–H groups in total. The fraction of sp³-hybridized carbons (Fsp3) is 0.661. The Morgan fingerprint density at radius 3 is 1.45 bits per heavy atom. The minimum absolute atomic E-state index is 0.0376. The number of ether oxygens (including phenoxy) is 1. The number of nitrogens with one attached hydrogen (secondary N) is 1. The Hall–Kier alpha value is -3.48. The van der Waals surface area contributed by atoms with Gasteiger partial charge in [-0.3, -0.25) is 9.59 Å². The molecule has 0 aliphatic heterocycles. The van der Waals surface area contributed by atoms with Crippen molar-refractivity contribution in [3.8, 4) is 0 Å². The summed E-state index contributed by atoms with van der Waals surface area (Å²) in [5.41, 5.74) is 0. The Morgan fingerprint density at radius 2 is 0.908 bits per heavy atom. The van der Waals surface area contributed by atoms with E-state index >= 15 is 0 Å². The van der Waals surface area contributed by atoms with Crippen molar-refractivity contribution in [3.05, 3.63) is 109 Å². The Balaban J connectivity index is 4.71. The number of carbonyl (C=O) groups excluding carboxylic acids is 2. The molecule has 0 aromatic carbocycles. The van der Waals surface area contributed by atoms with Gasteiger partial charge in [0.05, 0.1) is 25.2 Å². The Morgan fingerprint density at radius 1 is 0.477 bits per heavy atom. The van der Waals surface area contributed by atoms with Gasteiger partial charge in [0.2, 0.25) is 5.91 Å². The molecule has 370 valence electrons. The van der Waals surface area contributed by atoms with Gasteiger partial charge < -0.3 is 20.3 Å². The van der Waals surface area contributed by atoms with Gasteiger partial charge in [0.25, 0.3) is 0 Å². The number of allylic oxidation sites excluding steroid dienone is 18. The van der Waals surface area contributed by atoms with Gasteiger partial charge in [0, 0.05) is 6.42 Å². The largest absolute Gasteiger partial charge is 0.462 e. The van der Waals surface area contributed by atoms with E-state index in [0.717, 1.165) is 103 Å². The van der Waals surface area contributed by atoms with Crippen LogP contribution in [0.5, 0.6) is 0 Å². The maximum Gasteiger partial charge on any atom is 0.306 e. The van der Waals surface area contributed by atoms with Crippen molar-refractivity contribution in [1.82, 2.24) is 5.32 Å². The zero-order valence-corrected chi connectivity index (χ0v) is 42.1. The third kappa shape index (κ3) is 46.8. The number of carbonyl (C=O) groups is 2. The molecule has 0 spiro atoms. The zero-order valence-electron chi connectivity index (χ0n) is 42.1. The van der Waals surface area contributed by atoms with Gasteiger partial charge in [0.1, 0.15) is 6.10 Å². The molecular weight excluding hydrogens is 803 g/mol. The minimum Gasteiger partial charge on any atom is -0.462 e. The second kappa shape index (κ2) is 51.5. The van der Waals surface area contributed by atoms with Crippen LogP contribution in [0, 0.1) is 0 Å². The van der Waals surface area contributed by atoms with Crippen molar-refractivity contribution in [2.75, 3.05) is 6.61 Å². The van der Waals surface area contributed by atoms with E-state index in [0.29, 0.717) is 19.3 Å². The number of hydrogen-bond acceptors (Lipinski definition) is 5. The van der Waals surface area contributed by atoms with E-state index in [-0.39, 0.29) is 24.9 Å². The van der Waals surface area contributed by atoms with Crippen LogP contribution in [0.3, 0.4) is 0 Å².